The van der Waals surface area contributed by atoms with Crippen LogP contribution >= 0.6 is 0 Å². The van der Waals surface area contributed by atoms with Gasteiger partial charge in [-0.25, -0.2) is 0 Å². The van der Waals surface area contributed by atoms with Gasteiger partial charge in [0.1, 0.15) is 13.2 Å². The molecule has 0 saturated carbocycles. The number of hydrogen-bond acceptors (Lipinski definition) is 4. The fourth-order valence-electron chi connectivity index (χ4n) is 1.73. The Morgan fingerprint density at radius 3 is 2.41 bits per heavy atom. The van der Waals surface area contributed by atoms with Crippen molar-refractivity contribution in [1.82, 2.24) is 4.90 Å². The van der Waals surface area contributed by atoms with Gasteiger partial charge in [0, 0.05) is 24.3 Å². The van der Waals surface area contributed by atoms with Crippen LogP contribution in [0.3, 0.4) is 0 Å². The Balaban J connectivity index is 2.22. The lowest BCUT2D eigenvalue weighted by Gasteiger charge is -2.24. The molecule has 2 rings (SSSR count). The third-order valence-electron chi connectivity index (χ3n) is 3.11. The van der Waals surface area contributed by atoms with E-state index in [1.165, 1.54) is 0 Å². The van der Waals surface area contributed by atoms with E-state index in [1.807, 2.05) is 12.1 Å². The van der Waals surface area contributed by atoms with Crippen molar-refractivity contribution >= 4 is 5.69 Å². The predicted octanol–water partition coefficient (Wildman–Crippen LogP) is 1.88. The molecule has 0 unspecified atom stereocenters. The minimum absolute atomic E-state index is 0.489. The van der Waals surface area contributed by atoms with Gasteiger partial charge in [0.15, 0.2) is 11.5 Å². The number of fused-ring (bicyclic) bond motifs is 1. The molecule has 1 aromatic carbocycles. The molecule has 4 heteroatoms. The molecule has 0 aromatic heterocycles. The predicted molar refractivity (Wildman–Crippen MR) is 68.4 cm³/mol. The second-order valence-corrected chi connectivity index (χ2v) is 4.70. The van der Waals surface area contributed by atoms with Gasteiger partial charge >= 0.3 is 0 Å². The third kappa shape index (κ3) is 2.64. The van der Waals surface area contributed by atoms with Crippen molar-refractivity contribution in [3.05, 3.63) is 17.7 Å². The Kier molecular flexibility index (Phi) is 3.43. The topological polar surface area (TPSA) is 47.7 Å². The summed E-state index contributed by atoms with van der Waals surface area (Å²) in [6.07, 6.45) is 0. The van der Waals surface area contributed by atoms with E-state index in [0.29, 0.717) is 19.3 Å². The second kappa shape index (κ2) is 4.84. The Morgan fingerprint density at radius 1 is 1.24 bits per heavy atom. The van der Waals surface area contributed by atoms with Gasteiger partial charge in [-0.1, -0.05) is 0 Å². The summed E-state index contributed by atoms with van der Waals surface area (Å²) in [7, 11) is 2.08. The van der Waals surface area contributed by atoms with E-state index in [0.717, 1.165) is 29.3 Å². The average molecular weight is 236 g/mol. The van der Waals surface area contributed by atoms with E-state index in [4.69, 9.17) is 15.2 Å². The van der Waals surface area contributed by atoms with Crippen molar-refractivity contribution in [2.24, 2.45) is 0 Å². The van der Waals surface area contributed by atoms with Gasteiger partial charge in [0.2, 0.25) is 0 Å². The number of rotatable bonds is 3. The lowest BCUT2D eigenvalue weighted by molar-refractivity contribution is 0.171. The van der Waals surface area contributed by atoms with Crippen molar-refractivity contribution < 1.29 is 9.47 Å². The first-order valence-electron chi connectivity index (χ1n) is 5.96. The zero-order chi connectivity index (χ0) is 12.4. The highest BCUT2D eigenvalue weighted by Crippen LogP contribution is 2.34. The standard InChI is InChI=1S/C13H20N2O2/c1-9(2)15(3)8-10-6-12-13(7-11(10)14)17-5-4-16-12/h6-7,9H,4-5,8,14H2,1-3H3. The van der Waals surface area contributed by atoms with Gasteiger partial charge in [-0.15, -0.1) is 0 Å². The average Bonchev–Trinajstić information content (AvgIpc) is 2.29. The molecule has 1 heterocycles. The van der Waals surface area contributed by atoms with Crippen LogP contribution < -0.4 is 15.2 Å². The van der Waals surface area contributed by atoms with Gasteiger partial charge < -0.3 is 15.2 Å². The molecular formula is C13H20N2O2. The van der Waals surface area contributed by atoms with E-state index in [1.54, 1.807) is 0 Å². The van der Waals surface area contributed by atoms with Crippen LogP contribution in [0.2, 0.25) is 0 Å². The van der Waals surface area contributed by atoms with Gasteiger partial charge in [0.25, 0.3) is 0 Å². The quantitative estimate of drug-likeness (QED) is 0.814. The largest absolute Gasteiger partial charge is 0.486 e. The summed E-state index contributed by atoms with van der Waals surface area (Å²) in [6.45, 7) is 6.34. The number of nitrogens with zero attached hydrogens (tertiary/aromatic N) is 1. The molecule has 2 N–H and O–H groups in total. The molecule has 0 aliphatic carbocycles. The van der Waals surface area contributed by atoms with Crippen molar-refractivity contribution in [2.45, 2.75) is 26.4 Å². The molecule has 1 aliphatic rings. The van der Waals surface area contributed by atoms with Crippen LogP contribution in [-0.2, 0) is 6.54 Å². The zero-order valence-corrected chi connectivity index (χ0v) is 10.7. The Hall–Kier alpha value is -1.42. The van der Waals surface area contributed by atoms with Crippen molar-refractivity contribution in [3.63, 3.8) is 0 Å². The van der Waals surface area contributed by atoms with Crippen molar-refractivity contribution in [2.75, 3.05) is 26.0 Å². The summed E-state index contributed by atoms with van der Waals surface area (Å²) in [5.74, 6) is 1.56. The van der Waals surface area contributed by atoms with E-state index >= 15 is 0 Å². The molecule has 0 amide bonds. The number of benzene rings is 1. The molecule has 0 fully saturated rings. The van der Waals surface area contributed by atoms with E-state index in [2.05, 4.69) is 25.8 Å². The monoisotopic (exact) mass is 236 g/mol. The number of anilines is 1. The minimum Gasteiger partial charge on any atom is -0.486 e. The van der Waals surface area contributed by atoms with Crippen molar-refractivity contribution in [1.29, 1.82) is 0 Å². The molecule has 0 saturated heterocycles. The van der Waals surface area contributed by atoms with Crippen LogP contribution in [-0.4, -0.2) is 31.2 Å². The number of nitrogen functional groups attached to an aromatic ring is 1. The first-order chi connectivity index (χ1) is 8.08. The third-order valence-corrected chi connectivity index (χ3v) is 3.11. The van der Waals surface area contributed by atoms with E-state index in [-0.39, 0.29) is 0 Å². The molecule has 0 spiro atoms. The maximum Gasteiger partial charge on any atom is 0.163 e. The first kappa shape index (κ1) is 12.0. The van der Waals surface area contributed by atoms with Crippen LogP contribution in [0.15, 0.2) is 12.1 Å². The summed E-state index contributed by atoms with van der Waals surface area (Å²) in [6, 6.07) is 4.34. The first-order valence-corrected chi connectivity index (χ1v) is 5.96. The van der Waals surface area contributed by atoms with Crippen LogP contribution in [0.5, 0.6) is 11.5 Å². The summed E-state index contributed by atoms with van der Waals surface area (Å²) < 4.78 is 11.1. The number of hydrogen-bond donors (Lipinski definition) is 1. The van der Waals surface area contributed by atoms with Gasteiger partial charge in [-0.3, -0.25) is 4.90 Å². The molecule has 17 heavy (non-hydrogen) atoms. The molecule has 4 nitrogen and oxygen atoms in total. The Labute approximate surface area is 102 Å². The Morgan fingerprint density at radius 2 is 1.82 bits per heavy atom. The molecule has 94 valence electrons. The number of ether oxygens (including phenoxy) is 2. The Bertz CT molecular complexity index is 405. The van der Waals surface area contributed by atoms with Crippen molar-refractivity contribution in [3.8, 4) is 11.5 Å². The zero-order valence-electron chi connectivity index (χ0n) is 10.7. The molecule has 0 atom stereocenters. The normalized spacial score (nSPS) is 14.4. The summed E-state index contributed by atoms with van der Waals surface area (Å²) >= 11 is 0. The van der Waals surface area contributed by atoms with Gasteiger partial charge in [0.05, 0.1) is 0 Å². The van der Waals surface area contributed by atoms with Crippen LogP contribution in [0.4, 0.5) is 5.69 Å². The molecular weight excluding hydrogens is 216 g/mol. The highest BCUT2D eigenvalue weighted by atomic mass is 16.6. The fraction of sp³-hybridized carbons (Fsp3) is 0.538. The molecule has 0 radical (unpaired) electrons. The molecule has 1 aliphatic heterocycles. The second-order valence-electron chi connectivity index (χ2n) is 4.70. The smallest absolute Gasteiger partial charge is 0.163 e. The lowest BCUT2D eigenvalue weighted by Crippen LogP contribution is -2.26. The molecule has 1 aromatic rings. The van der Waals surface area contributed by atoms with Gasteiger partial charge in [-0.2, -0.15) is 0 Å². The molecule has 0 bridgehead atoms. The van der Waals surface area contributed by atoms with Gasteiger partial charge in [-0.05, 0) is 32.5 Å². The van der Waals surface area contributed by atoms with Crippen LogP contribution in [0.25, 0.3) is 0 Å². The minimum atomic E-state index is 0.489. The highest BCUT2D eigenvalue weighted by Gasteiger charge is 2.15. The summed E-state index contributed by atoms with van der Waals surface area (Å²) in [4.78, 5) is 2.24. The van der Waals surface area contributed by atoms with E-state index in [9.17, 15) is 0 Å². The van der Waals surface area contributed by atoms with E-state index < -0.39 is 0 Å². The summed E-state index contributed by atoms with van der Waals surface area (Å²) in [5.41, 5.74) is 7.88. The summed E-state index contributed by atoms with van der Waals surface area (Å²) in [5, 5.41) is 0. The maximum absolute atomic E-state index is 6.03. The lowest BCUT2D eigenvalue weighted by atomic mass is 10.1. The van der Waals surface area contributed by atoms with Crippen LogP contribution in [0.1, 0.15) is 19.4 Å². The fourth-order valence-corrected chi connectivity index (χ4v) is 1.73. The SMILES string of the molecule is CC(C)N(C)Cc1cc2c(cc1N)OCCO2. The maximum atomic E-state index is 6.03. The number of nitrogens with two attached hydrogens (primary N) is 1. The van der Waals surface area contributed by atoms with Crippen LogP contribution in [0, 0.1) is 0 Å². The highest BCUT2D eigenvalue weighted by molar-refractivity contribution is 5.58.